The fourth-order valence-corrected chi connectivity index (χ4v) is 2.15. The summed E-state index contributed by atoms with van der Waals surface area (Å²) in [6.07, 6.45) is 2.35. The number of carbonyl (C=O) groups is 2. The molecular weight excluding hydrogens is 356 g/mol. The minimum absolute atomic E-state index is 0.0581. The summed E-state index contributed by atoms with van der Waals surface area (Å²) >= 11 is 0. The van der Waals surface area contributed by atoms with E-state index in [4.69, 9.17) is 4.74 Å². The van der Waals surface area contributed by atoms with Gasteiger partial charge < -0.3 is 4.74 Å². The Morgan fingerprint density at radius 1 is 1.07 bits per heavy atom. The Morgan fingerprint density at radius 2 is 1.81 bits per heavy atom. The van der Waals surface area contributed by atoms with Gasteiger partial charge in [0.15, 0.2) is 6.61 Å². The minimum atomic E-state index is -0.823. The molecule has 0 bridgehead atoms. The van der Waals surface area contributed by atoms with Gasteiger partial charge in [-0.3, -0.25) is 25.0 Å². The Kier molecular flexibility index (Phi) is 6.10. The maximum absolute atomic E-state index is 12.0. The SMILES string of the molecule is Cc1ccc(C(=O)COC(=O)/C=C/c2cccc([N+](=O)[O-])c2)cc1[N+](=O)[O-]. The van der Waals surface area contributed by atoms with Crippen molar-refractivity contribution in [2.45, 2.75) is 6.92 Å². The Hall–Kier alpha value is -3.88. The number of nitro benzene ring substituents is 2. The van der Waals surface area contributed by atoms with E-state index in [1.54, 1.807) is 13.0 Å². The maximum Gasteiger partial charge on any atom is 0.331 e. The highest BCUT2D eigenvalue weighted by atomic mass is 16.6. The number of non-ortho nitro benzene ring substituents is 1. The first kappa shape index (κ1) is 19.4. The second-order valence-corrected chi connectivity index (χ2v) is 5.47. The third-order valence-corrected chi connectivity index (χ3v) is 3.57. The van der Waals surface area contributed by atoms with E-state index in [9.17, 15) is 29.8 Å². The molecule has 0 N–H and O–H groups in total. The van der Waals surface area contributed by atoms with Gasteiger partial charge in [-0.1, -0.05) is 24.3 Å². The van der Waals surface area contributed by atoms with E-state index >= 15 is 0 Å². The maximum atomic E-state index is 12.0. The second-order valence-electron chi connectivity index (χ2n) is 5.47. The molecule has 2 aromatic carbocycles. The molecule has 2 aromatic rings. The number of hydrogen-bond donors (Lipinski definition) is 0. The number of benzene rings is 2. The van der Waals surface area contributed by atoms with Crippen molar-refractivity contribution in [3.63, 3.8) is 0 Å². The molecule has 0 heterocycles. The predicted molar refractivity (Wildman–Crippen MR) is 95.3 cm³/mol. The Labute approximate surface area is 153 Å². The fraction of sp³-hybridized carbons (Fsp3) is 0.111. The van der Waals surface area contributed by atoms with Crippen LogP contribution in [-0.4, -0.2) is 28.2 Å². The smallest absolute Gasteiger partial charge is 0.331 e. The number of nitro groups is 2. The zero-order valence-corrected chi connectivity index (χ0v) is 14.2. The van der Waals surface area contributed by atoms with Crippen molar-refractivity contribution in [3.05, 3.63) is 85.5 Å². The van der Waals surface area contributed by atoms with E-state index in [1.165, 1.54) is 36.4 Å². The van der Waals surface area contributed by atoms with Gasteiger partial charge in [-0.05, 0) is 18.6 Å². The van der Waals surface area contributed by atoms with Gasteiger partial charge in [0.2, 0.25) is 5.78 Å². The molecule has 0 radical (unpaired) electrons. The highest BCUT2D eigenvalue weighted by Crippen LogP contribution is 2.19. The van der Waals surface area contributed by atoms with Gasteiger partial charge >= 0.3 is 5.97 Å². The molecule has 0 aliphatic carbocycles. The van der Waals surface area contributed by atoms with Gasteiger partial charge in [-0.25, -0.2) is 4.79 Å². The normalized spacial score (nSPS) is 10.6. The first-order valence-corrected chi connectivity index (χ1v) is 7.65. The van der Waals surface area contributed by atoms with Crippen LogP contribution >= 0.6 is 0 Å². The second kappa shape index (κ2) is 8.48. The molecule has 0 spiro atoms. The topological polar surface area (TPSA) is 130 Å². The molecule has 2 rings (SSSR count). The standard InChI is InChI=1S/C18H14N2O7/c1-12-5-7-14(10-16(12)20(25)26)17(21)11-27-18(22)8-6-13-3-2-4-15(9-13)19(23)24/h2-10H,11H2,1H3/b8-6+. The van der Waals surface area contributed by atoms with Gasteiger partial charge in [0.25, 0.3) is 11.4 Å². The third kappa shape index (κ3) is 5.30. The summed E-state index contributed by atoms with van der Waals surface area (Å²) in [5.74, 6) is -1.41. The molecule has 0 aromatic heterocycles. The molecule has 27 heavy (non-hydrogen) atoms. The monoisotopic (exact) mass is 370 g/mol. The quantitative estimate of drug-likeness (QED) is 0.240. The van der Waals surface area contributed by atoms with E-state index in [0.29, 0.717) is 11.1 Å². The van der Waals surface area contributed by atoms with E-state index in [-0.39, 0.29) is 16.9 Å². The molecule has 0 fully saturated rings. The lowest BCUT2D eigenvalue weighted by molar-refractivity contribution is -0.385. The van der Waals surface area contributed by atoms with Crippen molar-refractivity contribution in [2.75, 3.05) is 6.61 Å². The number of esters is 1. The number of ether oxygens (including phenoxy) is 1. The molecule has 0 saturated heterocycles. The van der Waals surface area contributed by atoms with Crippen molar-refractivity contribution >= 4 is 29.2 Å². The Balaban J connectivity index is 1.98. The van der Waals surface area contributed by atoms with Gasteiger partial charge in [0, 0.05) is 35.4 Å². The summed E-state index contributed by atoms with van der Waals surface area (Å²) in [4.78, 5) is 44.2. The molecular formula is C18H14N2O7. The number of hydrogen-bond acceptors (Lipinski definition) is 7. The van der Waals surface area contributed by atoms with Crippen LogP contribution in [0.5, 0.6) is 0 Å². The molecule has 0 atom stereocenters. The molecule has 9 heteroatoms. The predicted octanol–water partition coefficient (Wildman–Crippen LogP) is 3.25. The Morgan fingerprint density at radius 3 is 2.48 bits per heavy atom. The van der Waals surface area contributed by atoms with Crippen molar-refractivity contribution < 1.29 is 24.2 Å². The highest BCUT2D eigenvalue weighted by Gasteiger charge is 2.16. The number of Topliss-reactive ketones (excluding diaryl/α,β-unsaturated/α-hetero) is 1. The summed E-state index contributed by atoms with van der Waals surface area (Å²) in [5.41, 5.74) is 0.567. The molecule has 138 valence electrons. The van der Waals surface area contributed by atoms with E-state index in [0.717, 1.165) is 12.1 Å². The van der Waals surface area contributed by atoms with Crippen molar-refractivity contribution in [3.8, 4) is 0 Å². The Bertz CT molecular complexity index is 950. The van der Waals surface area contributed by atoms with Crippen LogP contribution in [0.4, 0.5) is 11.4 Å². The minimum Gasteiger partial charge on any atom is -0.454 e. The lowest BCUT2D eigenvalue weighted by Gasteiger charge is -2.03. The summed E-state index contributed by atoms with van der Waals surface area (Å²) in [6, 6.07) is 9.61. The molecule has 0 aliphatic heterocycles. The van der Waals surface area contributed by atoms with Crippen molar-refractivity contribution in [1.29, 1.82) is 0 Å². The van der Waals surface area contributed by atoms with E-state index in [2.05, 4.69) is 0 Å². The van der Waals surface area contributed by atoms with Crippen LogP contribution in [-0.2, 0) is 9.53 Å². The average Bonchev–Trinajstić information content (AvgIpc) is 2.64. The number of rotatable bonds is 7. The lowest BCUT2D eigenvalue weighted by atomic mass is 10.1. The van der Waals surface area contributed by atoms with Gasteiger partial charge in [-0.2, -0.15) is 0 Å². The molecule has 0 amide bonds. The van der Waals surface area contributed by atoms with Gasteiger partial charge in [-0.15, -0.1) is 0 Å². The number of nitrogens with zero attached hydrogens (tertiary/aromatic N) is 2. The summed E-state index contributed by atoms with van der Waals surface area (Å²) in [6.45, 7) is 0.962. The van der Waals surface area contributed by atoms with Crippen LogP contribution in [0.1, 0.15) is 21.5 Å². The van der Waals surface area contributed by atoms with Crippen molar-refractivity contribution in [2.24, 2.45) is 0 Å². The largest absolute Gasteiger partial charge is 0.454 e. The number of carbonyl (C=O) groups excluding carboxylic acids is 2. The zero-order chi connectivity index (χ0) is 20.0. The molecule has 9 nitrogen and oxygen atoms in total. The zero-order valence-electron chi connectivity index (χ0n) is 14.2. The van der Waals surface area contributed by atoms with Crippen LogP contribution in [0.15, 0.2) is 48.5 Å². The first-order valence-electron chi connectivity index (χ1n) is 7.65. The molecule has 0 aliphatic rings. The lowest BCUT2D eigenvalue weighted by Crippen LogP contribution is -2.13. The average molecular weight is 370 g/mol. The number of ketones is 1. The highest BCUT2D eigenvalue weighted by molar-refractivity contribution is 5.99. The van der Waals surface area contributed by atoms with Crippen LogP contribution in [0, 0.1) is 27.2 Å². The third-order valence-electron chi connectivity index (χ3n) is 3.57. The van der Waals surface area contributed by atoms with Crippen LogP contribution in [0.25, 0.3) is 6.08 Å². The van der Waals surface area contributed by atoms with Crippen molar-refractivity contribution in [1.82, 2.24) is 0 Å². The van der Waals surface area contributed by atoms with Crippen LogP contribution < -0.4 is 0 Å². The summed E-state index contributed by atoms with van der Waals surface area (Å²) in [7, 11) is 0. The molecule has 0 saturated carbocycles. The molecule has 0 unspecified atom stereocenters. The van der Waals surface area contributed by atoms with Crippen LogP contribution in [0.3, 0.4) is 0 Å². The summed E-state index contributed by atoms with van der Waals surface area (Å²) < 4.78 is 4.81. The van der Waals surface area contributed by atoms with E-state index < -0.39 is 28.2 Å². The number of aryl methyl sites for hydroxylation is 1. The fourth-order valence-electron chi connectivity index (χ4n) is 2.15. The summed E-state index contributed by atoms with van der Waals surface area (Å²) in [5, 5.41) is 21.6. The van der Waals surface area contributed by atoms with Gasteiger partial charge in [0.05, 0.1) is 9.85 Å². The van der Waals surface area contributed by atoms with E-state index in [1.807, 2.05) is 0 Å². The van der Waals surface area contributed by atoms with Gasteiger partial charge in [0.1, 0.15) is 0 Å². The van der Waals surface area contributed by atoms with Crippen LogP contribution in [0.2, 0.25) is 0 Å². The first-order chi connectivity index (χ1) is 12.8.